The first-order chi connectivity index (χ1) is 21.1. The zero-order valence-electron chi connectivity index (χ0n) is 23.4. The lowest BCUT2D eigenvalue weighted by molar-refractivity contribution is 0.223. The van der Waals surface area contributed by atoms with Gasteiger partial charge in [0.2, 0.25) is 0 Å². The Hall–Kier alpha value is -4.61. The lowest BCUT2D eigenvalue weighted by atomic mass is 9.99. The second-order valence-corrected chi connectivity index (χ2v) is 11.8. The highest BCUT2D eigenvalue weighted by Crippen LogP contribution is 2.42. The van der Waals surface area contributed by atoms with Crippen LogP contribution in [0.15, 0.2) is 142 Å². The van der Waals surface area contributed by atoms with Gasteiger partial charge in [0, 0.05) is 16.5 Å². The molecule has 6 aromatic carbocycles. The van der Waals surface area contributed by atoms with Crippen molar-refractivity contribution in [3.63, 3.8) is 0 Å². The first kappa shape index (κ1) is 27.2. The summed E-state index contributed by atoms with van der Waals surface area (Å²) in [7, 11) is -1.85. The van der Waals surface area contributed by atoms with Crippen molar-refractivity contribution in [2.75, 3.05) is 5.32 Å². The van der Waals surface area contributed by atoms with Crippen LogP contribution in [-0.4, -0.2) is 11.2 Å². The second kappa shape index (κ2) is 11.9. The third kappa shape index (κ3) is 5.61. The summed E-state index contributed by atoms with van der Waals surface area (Å²) in [4.78, 5) is 0. The minimum Gasteiger partial charge on any atom is -0.399 e. The molecule has 0 aliphatic heterocycles. The topological polar surface area (TPSA) is 59.6 Å². The van der Waals surface area contributed by atoms with Gasteiger partial charge in [0.25, 0.3) is 0 Å². The summed E-state index contributed by atoms with van der Waals surface area (Å²) in [6.45, 7) is 2.05. The van der Waals surface area contributed by atoms with Gasteiger partial charge >= 0.3 is 8.24 Å². The van der Waals surface area contributed by atoms with E-state index in [1.165, 1.54) is 0 Å². The molecule has 0 aliphatic rings. The molecule has 2 atom stereocenters. The molecule has 0 amide bonds. The standard InChI is InChI=1S/C36H29N2O3PS/c1-24(37-36(43)38-28-16-6-3-7-17-28)35(27-14-4-2-5-15-27)41-42-39-31-22-20-25-12-8-10-18-29(25)33(31)34-30-19-11-9-13-26(30)21-23-32(34)40-42/h2-24,35H,1H3,(H2,37,38,43)/t24-,35-/m0/s1. The molecule has 7 heteroatoms. The third-order valence-electron chi connectivity index (χ3n) is 7.55. The normalized spacial score (nSPS) is 12.8. The summed E-state index contributed by atoms with van der Waals surface area (Å²) in [6, 6.07) is 44.7. The van der Waals surface area contributed by atoms with Crippen molar-refractivity contribution in [2.45, 2.75) is 19.1 Å². The quantitative estimate of drug-likeness (QED) is 0.185. The van der Waals surface area contributed by atoms with Crippen molar-refractivity contribution in [3.05, 3.63) is 139 Å². The Kier molecular flexibility index (Phi) is 7.56. The van der Waals surface area contributed by atoms with Crippen LogP contribution in [0.4, 0.5) is 5.69 Å². The largest absolute Gasteiger partial charge is 0.399 e. The van der Waals surface area contributed by atoms with Gasteiger partial charge in [0.1, 0.15) is 17.3 Å². The van der Waals surface area contributed by atoms with Crippen molar-refractivity contribution >= 4 is 74.7 Å². The number of benzene rings is 6. The smallest absolute Gasteiger partial charge is 0.388 e. The van der Waals surface area contributed by atoms with Gasteiger partial charge in [-0.05, 0) is 70.5 Å². The van der Waals surface area contributed by atoms with Crippen molar-refractivity contribution < 1.29 is 12.9 Å². The van der Waals surface area contributed by atoms with E-state index in [0.29, 0.717) is 5.11 Å². The highest BCUT2D eigenvalue weighted by molar-refractivity contribution is 7.80. The molecule has 0 bridgehead atoms. The molecule has 0 aliphatic carbocycles. The molecule has 7 rings (SSSR count). The highest BCUT2D eigenvalue weighted by Gasteiger charge is 2.25. The van der Waals surface area contributed by atoms with Gasteiger partial charge in [-0.15, -0.1) is 0 Å². The SMILES string of the molecule is C[C@H](NC(=S)Nc1ccccc1)[C@H](Op1oc2ccc3ccccc3c2c2c(ccc3ccccc32)o1)c1ccccc1. The van der Waals surface area contributed by atoms with Crippen LogP contribution in [0.25, 0.3) is 43.5 Å². The molecule has 1 heterocycles. The molecular formula is C36H29N2O3PS. The first-order valence-electron chi connectivity index (χ1n) is 14.2. The Balaban J connectivity index is 1.36. The molecule has 0 radical (unpaired) electrons. The minimum atomic E-state index is -1.85. The molecular weight excluding hydrogens is 571 g/mol. The summed E-state index contributed by atoms with van der Waals surface area (Å²) in [6.07, 6.45) is -0.422. The zero-order valence-corrected chi connectivity index (χ0v) is 25.1. The van der Waals surface area contributed by atoms with E-state index in [4.69, 9.17) is 25.1 Å². The monoisotopic (exact) mass is 600 g/mol. The number of thiocarbonyl (C=S) groups is 1. The van der Waals surface area contributed by atoms with Gasteiger partial charge in [-0.2, -0.15) is 0 Å². The summed E-state index contributed by atoms with van der Waals surface area (Å²) >= 11 is 5.67. The average Bonchev–Trinajstić information content (AvgIpc) is 3.21. The van der Waals surface area contributed by atoms with Gasteiger partial charge in [0.05, 0.1) is 6.04 Å². The average molecular weight is 601 g/mol. The zero-order chi connectivity index (χ0) is 29.2. The maximum Gasteiger partial charge on any atom is 0.388 e. The Morgan fingerprint density at radius 2 is 1.16 bits per heavy atom. The summed E-state index contributed by atoms with van der Waals surface area (Å²) in [5, 5.41) is 13.7. The number of fused-ring (bicyclic) bond motifs is 7. The van der Waals surface area contributed by atoms with Crippen LogP contribution in [0, 0.1) is 0 Å². The predicted molar refractivity (Wildman–Crippen MR) is 182 cm³/mol. The molecule has 1 aromatic heterocycles. The van der Waals surface area contributed by atoms with Crippen LogP contribution in [0.5, 0.6) is 0 Å². The van der Waals surface area contributed by atoms with E-state index < -0.39 is 14.3 Å². The van der Waals surface area contributed by atoms with Crippen molar-refractivity contribution in [1.82, 2.24) is 5.32 Å². The van der Waals surface area contributed by atoms with Gasteiger partial charge in [0.15, 0.2) is 5.11 Å². The summed E-state index contributed by atoms with van der Waals surface area (Å²) < 4.78 is 20.1. The second-order valence-electron chi connectivity index (χ2n) is 10.4. The molecule has 0 unspecified atom stereocenters. The van der Waals surface area contributed by atoms with Crippen LogP contribution >= 0.6 is 20.5 Å². The molecule has 0 spiro atoms. The first-order valence-corrected chi connectivity index (χ1v) is 15.7. The van der Waals surface area contributed by atoms with E-state index >= 15 is 0 Å². The fourth-order valence-electron chi connectivity index (χ4n) is 5.54. The molecule has 0 saturated heterocycles. The van der Waals surface area contributed by atoms with Crippen LogP contribution in [-0.2, 0) is 0 Å². The van der Waals surface area contributed by atoms with Crippen LogP contribution in [0.1, 0.15) is 18.6 Å². The van der Waals surface area contributed by atoms with Crippen LogP contribution in [0.3, 0.4) is 0 Å². The van der Waals surface area contributed by atoms with Crippen molar-refractivity contribution in [3.8, 4) is 0 Å². The highest BCUT2D eigenvalue weighted by atomic mass is 32.1. The van der Waals surface area contributed by atoms with E-state index in [1.54, 1.807) is 0 Å². The van der Waals surface area contributed by atoms with Gasteiger partial charge in [-0.25, -0.2) is 0 Å². The van der Waals surface area contributed by atoms with Gasteiger partial charge < -0.3 is 19.0 Å². The van der Waals surface area contributed by atoms with E-state index in [1.807, 2.05) is 79.7 Å². The molecule has 43 heavy (non-hydrogen) atoms. The number of para-hydroxylation sites is 1. The maximum absolute atomic E-state index is 6.78. The predicted octanol–water partition coefficient (Wildman–Crippen LogP) is 10.1. The van der Waals surface area contributed by atoms with Gasteiger partial charge in [-0.3, -0.25) is 4.52 Å². The molecule has 212 valence electrons. The molecule has 2 N–H and O–H groups in total. The Morgan fingerprint density at radius 3 is 1.74 bits per heavy atom. The third-order valence-corrected chi connectivity index (χ3v) is 8.86. The van der Waals surface area contributed by atoms with E-state index in [9.17, 15) is 0 Å². The lowest BCUT2D eigenvalue weighted by Gasteiger charge is -2.25. The van der Waals surface area contributed by atoms with Crippen molar-refractivity contribution in [1.29, 1.82) is 0 Å². The van der Waals surface area contributed by atoms with E-state index in [0.717, 1.165) is 54.7 Å². The van der Waals surface area contributed by atoms with Crippen molar-refractivity contribution in [2.24, 2.45) is 0 Å². The Labute approximate surface area is 255 Å². The molecule has 7 aromatic rings. The number of rotatable bonds is 6. The Morgan fingerprint density at radius 1 is 0.651 bits per heavy atom. The van der Waals surface area contributed by atoms with Crippen LogP contribution < -0.4 is 15.2 Å². The van der Waals surface area contributed by atoms with Crippen LogP contribution in [0.2, 0.25) is 0 Å². The molecule has 0 fully saturated rings. The van der Waals surface area contributed by atoms with E-state index in [2.05, 4.69) is 71.3 Å². The van der Waals surface area contributed by atoms with E-state index in [-0.39, 0.29) is 6.04 Å². The molecule has 0 saturated carbocycles. The lowest BCUT2D eigenvalue weighted by Crippen LogP contribution is -2.41. The fourth-order valence-corrected chi connectivity index (χ4v) is 7.08. The fraction of sp³-hybridized carbons (Fsp3) is 0.0833. The number of hydrogen-bond acceptors (Lipinski definition) is 4. The van der Waals surface area contributed by atoms with Gasteiger partial charge in [-0.1, -0.05) is 109 Å². The summed E-state index contributed by atoms with van der Waals surface area (Å²) in [5.41, 5.74) is 3.36. The number of anilines is 1. The number of nitrogens with one attached hydrogen (secondary N) is 2. The summed E-state index contributed by atoms with van der Waals surface area (Å²) in [5.74, 6) is 0. The Bertz CT molecular complexity index is 2020. The molecule has 5 nitrogen and oxygen atoms in total. The number of hydrogen-bond donors (Lipinski definition) is 2. The minimum absolute atomic E-state index is 0.212. The maximum atomic E-state index is 6.78.